The van der Waals surface area contributed by atoms with Gasteiger partial charge in [0.05, 0.1) is 28.9 Å². The third-order valence-electron chi connectivity index (χ3n) is 4.73. The van der Waals surface area contributed by atoms with E-state index >= 15 is 0 Å². The van der Waals surface area contributed by atoms with Crippen molar-refractivity contribution in [3.63, 3.8) is 0 Å². The average molecular weight is 340 g/mol. The van der Waals surface area contributed by atoms with Crippen LogP contribution in [-0.2, 0) is 9.53 Å². The van der Waals surface area contributed by atoms with Gasteiger partial charge in [0.15, 0.2) is 5.95 Å². The third-order valence-corrected chi connectivity index (χ3v) is 4.73. The summed E-state index contributed by atoms with van der Waals surface area (Å²) < 4.78 is 4.90. The van der Waals surface area contributed by atoms with E-state index in [0.717, 1.165) is 11.1 Å². The van der Waals surface area contributed by atoms with E-state index in [2.05, 4.69) is 15.3 Å². The molecule has 0 spiro atoms. The summed E-state index contributed by atoms with van der Waals surface area (Å²) in [5, 5.41) is 2.88. The molecule has 0 aliphatic carbocycles. The maximum atomic E-state index is 12.3. The van der Waals surface area contributed by atoms with E-state index in [0.29, 0.717) is 29.6 Å². The lowest BCUT2D eigenvalue weighted by Gasteiger charge is -2.18. The summed E-state index contributed by atoms with van der Waals surface area (Å²) in [5.41, 5.74) is 8.49. The maximum absolute atomic E-state index is 12.3. The van der Waals surface area contributed by atoms with Gasteiger partial charge in [-0.1, -0.05) is 0 Å². The smallest absolute Gasteiger partial charge is 0.328 e. The van der Waals surface area contributed by atoms with Gasteiger partial charge in [0.2, 0.25) is 10.9 Å². The standard InChI is InChI=1S/C17H16N4O4/c1-6-5-9-12(21-17(18)20-9)10(7(6)2)11-13(15(23)14(11)22)19-8-3-4-25-16(8)24/h5,8,19H,3-4H2,1-2H3,(H3,18,20,21). The SMILES string of the molecule is Cc1cc2[nH]c(N)nc2c(-c2c(NC3CCOC3=O)c(=O)c2=O)c1C. The van der Waals surface area contributed by atoms with E-state index in [9.17, 15) is 14.4 Å². The van der Waals surface area contributed by atoms with E-state index in [1.165, 1.54) is 0 Å². The predicted octanol–water partition coefficient (Wildman–Crippen LogP) is 0.752. The van der Waals surface area contributed by atoms with Crippen LogP contribution in [0.15, 0.2) is 15.7 Å². The van der Waals surface area contributed by atoms with Crippen molar-refractivity contribution >= 4 is 28.6 Å². The molecule has 1 unspecified atom stereocenters. The highest BCUT2D eigenvalue weighted by Crippen LogP contribution is 2.35. The number of ether oxygens (including phenoxy) is 1. The molecule has 1 aliphatic rings. The van der Waals surface area contributed by atoms with Crippen LogP contribution in [0.2, 0.25) is 0 Å². The van der Waals surface area contributed by atoms with E-state index < -0.39 is 22.9 Å². The molecule has 1 aliphatic heterocycles. The number of rotatable bonds is 3. The third kappa shape index (κ3) is 2.14. The minimum Gasteiger partial charge on any atom is -0.464 e. The lowest BCUT2D eigenvalue weighted by atomic mass is 9.91. The van der Waals surface area contributed by atoms with E-state index in [4.69, 9.17) is 10.5 Å². The molecule has 2 aromatic carbocycles. The number of aryl methyl sites for hydroxylation is 1. The fraction of sp³-hybridized carbons (Fsp3) is 0.294. The number of benzene rings is 1. The monoisotopic (exact) mass is 340 g/mol. The molecule has 1 saturated heterocycles. The second kappa shape index (κ2) is 5.17. The molecule has 2 heterocycles. The molecule has 1 aromatic heterocycles. The first-order valence-electron chi connectivity index (χ1n) is 7.90. The highest BCUT2D eigenvalue weighted by atomic mass is 16.5. The molecule has 8 heteroatoms. The summed E-state index contributed by atoms with van der Waals surface area (Å²) in [6.45, 7) is 4.06. The molecule has 1 atom stereocenters. The van der Waals surface area contributed by atoms with Crippen molar-refractivity contribution in [3.05, 3.63) is 37.6 Å². The predicted molar refractivity (Wildman–Crippen MR) is 93.3 cm³/mol. The van der Waals surface area contributed by atoms with Gasteiger partial charge in [-0.3, -0.25) is 9.59 Å². The van der Waals surface area contributed by atoms with Crippen LogP contribution < -0.4 is 21.9 Å². The molecule has 4 N–H and O–H groups in total. The van der Waals surface area contributed by atoms with Gasteiger partial charge in [0, 0.05) is 12.0 Å². The first-order valence-corrected chi connectivity index (χ1v) is 7.90. The summed E-state index contributed by atoms with van der Waals surface area (Å²) in [4.78, 5) is 43.3. The highest BCUT2D eigenvalue weighted by molar-refractivity contribution is 6.01. The zero-order valence-electron chi connectivity index (χ0n) is 13.7. The van der Waals surface area contributed by atoms with Crippen molar-refractivity contribution in [1.82, 2.24) is 9.97 Å². The lowest BCUT2D eigenvalue weighted by Crippen LogP contribution is -2.40. The number of carbonyl (C=O) groups is 1. The molecule has 8 nitrogen and oxygen atoms in total. The van der Waals surface area contributed by atoms with Crippen molar-refractivity contribution in [2.24, 2.45) is 0 Å². The van der Waals surface area contributed by atoms with Crippen molar-refractivity contribution < 1.29 is 9.53 Å². The quantitative estimate of drug-likeness (QED) is 0.474. The zero-order valence-corrected chi connectivity index (χ0v) is 13.7. The zero-order chi connectivity index (χ0) is 17.9. The minimum absolute atomic E-state index is 0.144. The number of nitrogens with one attached hydrogen (secondary N) is 2. The Morgan fingerprint density at radius 3 is 2.68 bits per heavy atom. The van der Waals surface area contributed by atoms with Crippen LogP contribution in [0.1, 0.15) is 17.5 Å². The van der Waals surface area contributed by atoms with E-state index in [-0.39, 0.29) is 17.2 Å². The van der Waals surface area contributed by atoms with Crippen LogP contribution in [0.3, 0.4) is 0 Å². The molecular weight excluding hydrogens is 324 g/mol. The van der Waals surface area contributed by atoms with Gasteiger partial charge in [-0.2, -0.15) is 0 Å². The number of hydrogen-bond donors (Lipinski definition) is 3. The highest BCUT2D eigenvalue weighted by Gasteiger charge is 2.32. The van der Waals surface area contributed by atoms with Crippen molar-refractivity contribution in [2.75, 3.05) is 17.7 Å². The summed E-state index contributed by atoms with van der Waals surface area (Å²) in [7, 11) is 0. The van der Waals surface area contributed by atoms with Gasteiger partial charge >= 0.3 is 5.97 Å². The lowest BCUT2D eigenvalue weighted by molar-refractivity contribution is -0.138. The summed E-state index contributed by atoms with van der Waals surface area (Å²) in [6.07, 6.45) is 0.453. The Labute approximate surface area is 141 Å². The molecule has 0 amide bonds. The molecular formula is C17H16N4O4. The Hall–Kier alpha value is -3.16. The fourth-order valence-electron chi connectivity index (χ4n) is 3.28. The Bertz CT molecular complexity index is 1100. The van der Waals surface area contributed by atoms with Gasteiger partial charge < -0.3 is 20.8 Å². The number of aromatic amines is 1. The largest absolute Gasteiger partial charge is 0.464 e. The topological polar surface area (TPSA) is 127 Å². The Balaban J connectivity index is 1.92. The minimum atomic E-state index is -0.632. The molecule has 1 fully saturated rings. The number of nitrogen functional groups attached to an aromatic ring is 1. The number of anilines is 2. The van der Waals surface area contributed by atoms with Crippen molar-refractivity contribution in [2.45, 2.75) is 26.3 Å². The Morgan fingerprint density at radius 1 is 1.24 bits per heavy atom. The van der Waals surface area contributed by atoms with Crippen molar-refractivity contribution in [3.8, 4) is 11.1 Å². The van der Waals surface area contributed by atoms with Crippen LogP contribution in [0.5, 0.6) is 0 Å². The van der Waals surface area contributed by atoms with Gasteiger partial charge in [-0.25, -0.2) is 9.78 Å². The van der Waals surface area contributed by atoms with E-state index in [1.807, 2.05) is 19.9 Å². The number of nitrogens with two attached hydrogens (primary N) is 1. The fourth-order valence-corrected chi connectivity index (χ4v) is 3.28. The van der Waals surface area contributed by atoms with E-state index in [1.54, 1.807) is 0 Å². The van der Waals surface area contributed by atoms with Gasteiger partial charge in [-0.05, 0) is 31.0 Å². The number of imidazole rings is 1. The number of fused-ring (bicyclic) bond motifs is 1. The summed E-state index contributed by atoms with van der Waals surface area (Å²) >= 11 is 0. The summed E-state index contributed by atoms with van der Waals surface area (Å²) in [5.74, 6) is -0.192. The molecule has 0 saturated carbocycles. The number of hydrogen-bond acceptors (Lipinski definition) is 7. The number of cyclic esters (lactones) is 1. The maximum Gasteiger partial charge on any atom is 0.328 e. The van der Waals surface area contributed by atoms with Crippen LogP contribution in [0.4, 0.5) is 11.6 Å². The number of aromatic nitrogens is 2. The second-order valence-electron chi connectivity index (χ2n) is 6.27. The molecule has 3 aromatic rings. The molecule has 0 radical (unpaired) electrons. The molecule has 128 valence electrons. The average Bonchev–Trinajstić information content (AvgIpc) is 3.14. The Kier molecular flexibility index (Phi) is 3.18. The van der Waals surface area contributed by atoms with Crippen LogP contribution >= 0.6 is 0 Å². The molecule has 4 rings (SSSR count). The van der Waals surface area contributed by atoms with Crippen LogP contribution in [0.25, 0.3) is 22.2 Å². The first kappa shape index (κ1) is 15.4. The van der Waals surface area contributed by atoms with Crippen LogP contribution in [0, 0.1) is 13.8 Å². The summed E-state index contributed by atoms with van der Waals surface area (Å²) in [6, 6.07) is 1.27. The number of nitrogens with zero attached hydrogens (tertiary/aromatic N) is 1. The number of esters is 1. The second-order valence-corrected chi connectivity index (χ2v) is 6.27. The van der Waals surface area contributed by atoms with Crippen LogP contribution in [-0.4, -0.2) is 28.6 Å². The van der Waals surface area contributed by atoms with Crippen molar-refractivity contribution in [1.29, 1.82) is 0 Å². The number of carbonyl (C=O) groups excluding carboxylic acids is 1. The molecule has 0 bridgehead atoms. The van der Waals surface area contributed by atoms with Gasteiger partial charge in [0.1, 0.15) is 6.04 Å². The first-order chi connectivity index (χ1) is 11.9. The Morgan fingerprint density at radius 2 is 2.00 bits per heavy atom. The van der Waals surface area contributed by atoms with Gasteiger partial charge in [-0.15, -0.1) is 0 Å². The number of H-pyrrole nitrogens is 1. The molecule has 25 heavy (non-hydrogen) atoms. The normalized spacial score (nSPS) is 17.4. The van der Waals surface area contributed by atoms with Gasteiger partial charge in [0.25, 0.3) is 0 Å².